The van der Waals surface area contributed by atoms with Gasteiger partial charge in [0.05, 0.1) is 16.3 Å². The number of halogens is 2. The largest absolute Gasteiger partial charge is 0.457 e. The van der Waals surface area contributed by atoms with Crippen LogP contribution in [0.25, 0.3) is 11.1 Å². The Kier molecular flexibility index (Phi) is 5.24. The van der Waals surface area contributed by atoms with Crippen LogP contribution in [-0.2, 0) is 4.79 Å². The number of nitrogens with zero attached hydrogens (tertiary/aromatic N) is 1. The van der Waals surface area contributed by atoms with Gasteiger partial charge in [-0.1, -0.05) is 41.4 Å². The summed E-state index contributed by atoms with van der Waals surface area (Å²) in [7, 11) is 1.48. The molecule has 3 aromatic rings. The summed E-state index contributed by atoms with van der Waals surface area (Å²) < 4.78 is 10.6. The van der Waals surface area contributed by atoms with Crippen LogP contribution in [0.3, 0.4) is 0 Å². The fourth-order valence-electron chi connectivity index (χ4n) is 3.26. The number of nitrogens with one attached hydrogen (secondary N) is 1. The molecule has 1 saturated heterocycles. The lowest BCUT2D eigenvalue weighted by Gasteiger charge is -2.22. The predicted molar refractivity (Wildman–Crippen MR) is 110 cm³/mol. The molecule has 1 fully saturated rings. The smallest absolute Gasteiger partial charge is 0.379 e. The van der Waals surface area contributed by atoms with Gasteiger partial charge in [-0.2, -0.15) is 0 Å². The predicted octanol–water partition coefficient (Wildman–Crippen LogP) is 4.70. The Hall–Kier alpha value is -3.29. The molecule has 3 amide bonds. The Balaban J connectivity index is 1.88. The van der Waals surface area contributed by atoms with Gasteiger partial charge < -0.3 is 14.1 Å². The highest BCUT2D eigenvalue weighted by Crippen LogP contribution is 2.41. The number of hydrogen-bond donors (Lipinski definition) is 1. The average molecular weight is 445 g/mol. The van der Waals surface area contributed by atoms with E-state index in [1.54, 1.807) is 42.5 Å². The Labute approximate surface area is 181 Å². The lowest BCUT2D eigenvalue weighted by molar-refractivity contribution is -0.121. The SMILES string of the molecule is CN1C(=O)NC(=O)C1c1c(OC(=O)c2ccco2)cccc1-c1ccc(Cl)c(Cl)c1. The summed E-state index contributed by atoms with van der Waals surface area (Å²) in [6.07, 6.45) is 1.35. The van der Waals surface area contributed by atoms with Gasteiger partial charge in [0, 0.05) is 12.6 Å². The van der Waals surface area contributed by atoms with E-state index in [0.29, 0.717) is 26.7 Å². The number of hydrogen-bond acceptors (Lipinski definition) is 5. The first kappa shape index (κ1) is 20.0. The van der Waals surface area contributed by atoms with Crippen molar-refractivity contribution < 1.29 is 23.5 Å². The molecule has 9 heteroatoms. The van der Waals surface area contributed by atoms with E-state index in [1.807, 2.05) is 0 Å². The van der Waals surface area contributed by atoms with Crippen molar-refractivity contribution >= 4 is 41.1 Å². The van der Waals surface area contributed by atoms with E-state index in [1.165, 1.54) is 24.3 Å². The number of carbonyl (C=O) groups excluding carboxylic acids is 3. The number of imide groups is 1. The molecule has 0 bridgehead atoms. The van der Waals surface area contributed by atoms with Crippen molar-refractivity contribution in [1.29, 1.82) is 0 Å². The van der Waals surface area contributed by atoms with E-state index < -0.39 is 23.9 Å². The third kappa shape index (κ3) is 3.53. The van der Waals surface area contributed by atoms with Crippen LogP contribution in [0.15, 0.2) is 59.2 Å². The highest BCUT2D eigenvalue weighted by atomic mass is 35.5. The van der Waals surface area contributed by atoms with E-state index in [9.17, 15) is 14.4 Å². The van der Waals surface area contributed by atoms with Crippen LogP contribution in [0.2, 0.25) is 10.0 Å². The van der Waals surface area contributed by atoms with E-state index in [0.717, 1.165) is 0 Å². The molecule has 0 spiro atoms. The molecule has 0 aliphatic carbocycles. The zero-order valence-corrected chi connectivity index (χ0v) is 17.0. The second-order valence-electron chi connectivity index (χ2n) is 6.52. The molecule has 2 heterocycles. The van der Waals surface area contributed by atoms with Gasteiger partial charge in [-0.05, 0) is 41.5 Å². The fourth-order valence-corrected chi connectivity index (χ4v) is 3.55. The minimum atomic E-state index is -1.01. The molecule has 30 heavy (non-hydrogen) atoms. The number of urea groups is 1. The first-order valence-corrected chi connectivity index (χ1v) is 9.54. The normalized spacial score (nSPS) is 16.0. The molecular formula is C21H14Cl2N2O5. The van der Waals surface area contributed by atoms with E-state index in [-0.39, 0.29) is 11.5 Å². The molecule has 4 rings (SSSR count). The van der Waals surface area contributed by atoms with Crippen LogP contribution in [0, 0.1) is 0 Å². The molecule has 0 radical (unpaired) electrons. The molecule has 1 aliphatic rings. The summed E-state index contributed by atoms with van der Waals surface area (Å²) in [6.45, 7) is 0. The van der Waals surface area contributed by atoms with Gasteiger partial charge in [0.15, 0.2) is 0 Å². The van der Waals surface area contributed by atoms with Crippen LogP contribution in [0.4, 0.5) is 4.79 Å². The number of rotatable bonds is 4. The van der Waals surface area contributed by atoms with Crippen LogP contribution in [0.1, 0.15) is 22.2 Å². The maximum Gasteiger partial charge on any atom is 0.379 e. The Morgan fingerprint density at radius 1 is 1.10 bits per heavy atom. The molecule has 7 nitrogen and oxygen atoms in total. The topological polar surface area (TPSA) is 88.9 Å². The zero-order valence-electron chi connectivity index (χ0n) is 15.5. The highest BCUT2D eigenvalue weighted by molar-refractivity contribution is 6.42. The van der Waals surface area contributed by atoms with Gasteiger partial charge in [0.2, 0.25) is 5.76 Å². The van der Waals surface area contributed by atoms with Crippen LogP contribution < -0.4 is 10.1 Å². The third-order valence-corrected chi connectivity index (χ3v) is 5.42. The molecular weight excluding hydrogens is 431 g/mol. The maximum atomic E-state index is 12.6. The molecule has 152 valence electrons. The third-order valence-electron chi connectivity index (χ3n) is 4.68. The second kappa shape index (κ2) is 7.85. The molecule has 1 aliphatic heterocycles. The van der Waals surface area contributed by atoms with Crippen molar-refractivity contribution in [3.8, 4) is 16.9 Å². The standard InChI is InChI=1S/C21H14Cl2N2O5/c1-25-18(19(26)24-21(25)28)17-12(11-7-8-13(22)14(23)10-11)4-2-5-15(17)30-20(27)16-6-3-9-29-16/h2-10,18H,1H3,(H,24,26,28). The monoisotopic (exact) mass is 444 g/mol. The van der Waals surface area contributed by atoms with Crippen molar-refractivity contribution in [2.75, 3.05) is 7.05 Å². The van der Waals surface area contributed by atoms with Gasteiger partial charge in [-0.25, -0.2) is 9.59 Å². The van der Waals surface area contributed by atoms with Crippen LogP contribution >= 0.6 is 23.2 Å². The number of likely N-dealkylation sites (N-methyl/N-ethyl adjacent to an activating group) is 1. The van der Waals surface area contributed by atoms with Gasteiger partial charge in [-0.15, -0.1) is 0 Å². The Morgan fingerprint density at radius 3 is 2.53 bits per heavy atom. The summed E-state index contributed by atoms with van der Waals surface area (Å²) in [5.74, 6) is -1.16. The maximum absolute atomic E-state index is 12.6. The van der Waals surface area contributed by atoms with Crippen molar-refractivity contribution in [3.63, 3.8) is 0 Å². The minimum Gasteiger partial charge on any atom is -0.457 e. The van der Waals surface area contributed by atoms with Crippen LogP contribution in [0.5, 0.6) is 5.75 Å². The summed E-state index contributed by atoms with van der Waals surface area (Å²) in [5.41, 5.74) is 1.53. The molecule has 0 saturated carbocycles. The molecule has 1 unspecified atom stereocenters. The van der Waals surface area contributed by atoms with Gasteiger partial charge >= 0.3 is 12.0 Å². The number of esters is 1. The van der Waals surface area contributed by atoms with E-state index in [4.69, 9.17) is 32.4 Å². The average Bonchev–Trinajstić information content (AvgIpc) is 3.33. The number of amides is 3. The lowest BCUT2D eigenvalue weighted by Crippen LogP contribution is -2.26. The molecule has 1 aromatic heterocycles. The van der Waals surface area contributed by atoms with Crippen molar-refractivity contribution in [2.45, 2.75) is 6.04 Å². The van der Waals surface area contributed by atoms with Crippen molar-refractivity contribution in [2.24, 2.45) is 0 Å². The van der Waals surface area contributed by atoms with Gasteiger partial charge in [0.25, 0.3) is 5.91 Å². The van der Waals surface area contributed by atoms with E-state index in [2.05, 4.69) is 5.32 Å². The minimum absolute atomic E-state index is 0.00111. The zero-order chi connectivity index (χ0) is 21.4. The van der Waals surface area contributed by atoms with Crippen molar-refractivity contribution in [3.05, 3.63) is 76.2 Å². The Bertz CT molecular complexity index is 1160. The summed E-state index contributed by atoms with van der Waals surface area (Å²) in [4.78, 5) is 38.4. The lowest BCUT2D eigenvalue weighted by atomic mass is 9.93. The molecule has 2 aromatic carbocycles. The summed E-state index contributed by atoms with van der Waals surface area (Å²) in [5, 5.41) is 2.95. The number of ether oxygens (including phenoxy) is 1. The summed E-state index contributed by atoms with van der Waals surface area (Å²) in [6, 6.07) is 11.4. The number of furan rings is 1. The highest BCUT2D eigenvalue weighted by Gasteiger charge is 2.40. The first-order valence-electron chi connectivity index (χ1n) is 8.78. The van der Waals surface area contributed by atoms with Crippen molar-refractivity contribution in [1.82, 2.24) is 10.2 Å². The van der Waals surface area contributed by atoms with E-state index >= 15 is 0 Å². The van der Waals surface area contributed by atoms with Gasteiger partial charge in [-0.3, -0.25) is 10.1 Å². The quantitative estimate of drug-likeness (QED) is 0.358. The molecule has 1 N–H and O–H groups in total. The molecule has 1 atom stereocenters. The Morgan fingerprint density at radius 2 is 1.90 bits per heavy atom. The number of benzene rings is 2. The second-order valence-corrected chi connectivity index (χ2v) is 7.34. The van der Waals surface area contributed by atoms with Crippen LogP contribution in [-0.4, -0.2) is 29.9 Å². The summed E-state index contributed by atoms with van der Waals surface area (Å²) >= 11 is 12.2. The van der Waals surface area contributed by atoms with Gasteiger partial charge in [0.1, 0.15) is 11.8 Å². The fraction of sp³-hybridized carbons (Fsp3) is 0.0952. The first-order chi connectivity index (χ1) is 14.4. The number of carbonyl (C=O) groups is 3.